The van der Waals surface area contributed by atoms with E-state index < -0.39 is 0 Å². The molecule has 3 heterocycles. The van der Waals surface area contributed by atoms with Crippen molar-refractivity contribution in [1.29, 1.82) is 0 Å². The van der Waals surface area contributed by atoms with Gasteiger partial charge in [-0.3, -0.25) is 0 Å². The fourth-order valence-electron chi connectivity index (χ4n) is 2.05. The van der Waals surface area contributed by atoms with Gasteiger partial charge >= 0.3 is 0 Å². The van der Waals surface area contributed by atoms with Gasteiger partial charge in [0.1, 0.15) is 5.01 Å². The summed E-state index contributed by atoms with van der Waals surface area (Å²) >= 11 is 1.71. The second-order valence-electron chi connectivity index (χ2n) is 4.66. The second-order valence-corrected chi connectivity index (χ2v) is 5.81. The van der Waals surface area contributed by atoms with Crippen molar-refractivity contribution < 1.29 is 0 Å². The van der Waals surface area contributed by atoms with Crippen LogP contribution in [0.1, 0.15) is 29.8 Å². The van der Waals surface area contributed by atoms with Crippen molar-refractivity contribution in [2.24, 2.45) is 5.84 Å². The molecule has 0 aliphatic carbocycles. The molecule has 3 aromatic heterocycles. The fraction of sp³-hybridized carbons (Fsp3) is 0.308. The summed E-state index contributed by atoms with van der Waals surface area (Å²) in [6.07, 6.45) is 8.29. The number of nitrogen functional groups attached to an aromatic ring is 1. The monoisotopic (exact) mass is 303 g/mol. The van der Waals surface area contributed by atoms with E-state index >= 15 is 0 Å². The Bertz CT molecular complexity index is 748. The molecule has 0 fully saturated rings. The van der Waals surface area contributed by atoms with Crippen LogP contribution in [0.4, 0.5) is 11.6 Å². The smallest absolute Gasteiger partial charge is 0.180 e. The largest absolute Gasteiger partial charge is 0.358 e. The third-order valence-electron chi connectivity index (χ3n) is 3.17. The van der Waals surface area contributed by atoms with Gasteiger partial charge in [0.15, 0.2) is 17.3 Å². The third kappa shape index (κ3) is 2.67. The van der Waals surface area contributed by atoms with Crippen LogP contribution in [0.3, 0.4) is 0 Å². The van der Waals surface area contributed by atoms with Crippen LogP contribution in [0.2, 0.25) is 0 Å². The van der Waals surface area contributed by atoms with Gasteiger partial charge in [0.25, 0.3) is 0 Å². The zero-order valence-electron chi connectivity index (χ0n) is 11.9. The van der Waals surface area contributed by atoms with E-state index in [0.717, 1.165) is 17.1 Å². The number of aryl methyl sites for hydroxylation is 1. The predicted molar refractivity (Wildman–Crippen MR) is 84.3 cm³/mol. The second kappa shape index (κ2) is 5.66. The van der Waals surface area contributed by atoms with Crippen LogP contribution in [-0.2, 0) is 6.42 Å². The molecule has 110 valence electrons. The van der Waals surface area contributed by atoms with Crippen LogP contribution in [0, 0.1) is 0 Å². The van der Waals surface area contributed by atoms with Crippen LogP contribution in [-0.4, -0.2) is 19.4 Å². The molecular formula is C13H17N7S. The first-order valence-electron chi connectivity index (χ1n) is 6.72. The normalized spacial score (nSPS) is 12.5. The highest BCUT2D eigenvalue weighted by atomic mass is 32.1. The quantitative estimate of drug-likeness (QED) is 0.494. The summed E-state index contributed by atoms with van der Waals surface area (Å²) in [5.41, 5.74) is 3.32. The molecular weight excluding hydrogens is 286 g/mol. The number of thiazole rings is 1. The van der Waals surface area contributed by atoms with Gasteiger partial charge in [0, 0.05) is 23.5 Å². The molecule has 8 heteroatoms. The minimum atomic E-state index is 0.0522. The maximum Gasteiger partial charge on any atom is 0.180 e. The lowest BCUT2D eigenvalue weighted by Crippen LogP contribution is -2.13. The van der Waals surface area contributed by atoms with Crippen LogP contribution < -0.4 is 16.6 Å². The van der Waals surface area contributed by atoms with Crippen molar-refractivity contribution in [3.8, 4) is 0 Å². The molecule has 21 heavy (non-hydrogen) atoms. The zero-order chi connectivity index (χ0) is 14.8. The summed E-state index contributed by atoms with van der Waals surface area (Å²) in [5.74, 6) is 6.71. The highest BCUT2D eigenvalue weighted by molar-refractivity contribution is 7.11. The van der Waals surface area contributed by atoms with Gasteiger partial charge in [0.05, 0.1) is 12.2 Å². The number of hydrogen-bond acceptors (Lipinski definition) is 7. The molecule has 0 saturated carbocycles. The molecule has 0 radical (unpaired) electrons. The van der Waals surface area contributed by atoms with Crippen LogP contribution in [0.25, 0.3) is 5.65 Å². The van der Waals surface area contributed by atoms with Gasteiger partial charge in [-0.25, -0.2) is 20.8 Å². The summed E-state index contributed by atoms with van der Waals surface area (Å²) in [7, 11) is 0. The number of rotatable bonds is 5. The molecule has 0 aliphatic heterocycles. The van der Waals surface area contributed by atoms with Crippen molar-refractivity contribution in [3.05, 3.63) is 34.7 Å². The third-order valence-corrected chi connectivity index (χ3v) is 4.49. The Morgan fingerprint density at radius 3 is 3.00 bits per heavy atom. The summed E-state index contributed by atoms with van der Waals surface area (Å²) < 4.78 is 1.87. The van der Waals surface area contributed by atoms with E-state index in [1.165, 1.54) is 4.88 Å². The first-order chi connectivity index (χ1) is 10.2. The van der Waals surface area contributed by atoms with Gasteiger partial charge in [-0.05, 0) is 13.3 Å². The summed E-state index contributed by atoms with van der Waals surface area (Å²) in [6, 6.07) is 0.0522. The standard InChI is InChI=1S/C13H17N7S/c1-3-9-6-16-13(21-9)8(2)17-11-12-15-4-5-20(12)7-10(18-11)19-14/h4-8,19H,3,14H2,1-2H3,(H,17,18). The Kier molecular flexibility index (Phi) is 3.72. The SMILES string of the molecule is CCc1cnc(C(C)Nc2nc(NN)cn3ccnc23)s1. The summed E-state index contributed by atoms with van der Waals surface area (Å²) in [6.45, 7) is 4.18. The average Bonchev–Trinajstić information content (AvgIpc) is 3.15. The van der Waals surface area contributed by atoms with Gasteiger partial charge < -0.3 is 15.1 Å². The maximum atomic E-state index is 5.46. The van der Waals surface area contributed by atoms with Gasteiger partial charge in [-0.15, -0.1) is 11.3 Å². The molecule has 0 saturated heterocycles. The van der Waals surface area contributed by atoms with Gasteiger partial charge in [0.2, 0.25) is 0 Å². The average molecular weight is 303 g/mol. The van der Waals surface area contributed by atoms with Crippen molar-refractivity contribution in [1.82, 2.24) is 19.4 Å². The zero-order valence-corrected chi connectivity index (χ0v) is 12.7. The molecule has 1 unspecified atom stereocenters. The van der Waals surface area contributed by atoms with Gasteiger partial charge in [-0.1, -0.05) is 6.92 Å². The molecule has 0 amide bonds. The Balaban J connectivity index is 1.91. The topological polar surface area (TPSA) is 93.2 Å². The Morgan fingerprint density at radius 2 is 2.29 bits per heavy atom. The lowest BCUT2D eigenvalue weighted by atomic mass is 10.3. The van der Waals surface area contributed by atoms with E-state index in [4.69, 9.17) is 5.84 Å². The summed E-state index contributed by atoms with van der Waals surface area (Å²) in [4.78, 5) is 14.5. The van der Waals surface area contributed by atoms with E-state index in [2.05, 4.69) is 39.5 Å². The van der Waals surface area contributed by atoms with Crippen molar-refractivity contribution in [2.45, 2.75) is 26.3 Å². The first kappa shape index (κ1) is 13.8. The van der Waals surface area contributed by atoms with E-state index in [9.17, 15) is 0 Å². The number of fused-ring (bicyclic) bond motifs is 1. The molecule has 4 N–H and O–H groups in total. The minimum Gasteiger partial charge on any atom is -0.358 e. The van der Waals surface area contributed by atoms with E-state index in [1.54, 1.807) is 23.7 Å². The number of aromatic nitrogens is 4. The minimum absolute atomic E-state index is 0.0522. The Morgan fingerprint density at radius 1 is 1.43 bits per heavy atom. The number of imidazole rings is 1. The van der Waals surface area contributed by atoms with Crippen LogP contribution >= 0.6 is 11.3 Å². The molecule has 0 aliphatic rings. The lowest BCUT2D eigenvalue weighted by Gasteiger charge is -2.13. The van der Waals surface area contributed by atoms with Crippen molar-refractivity contribution in [3.63, 3.8) is 0 Å². The van der Waals surface area contributed by atoms with E-state index in [-0.39, 0.29) is 6.04 Å². The molecule has 0 aromatic carbocycles. The van der Waals surface area contributed by atoms with Crippen molar-refractivity contribution in [2.75, 3.05) is 10.7 Å². The Labute approximate surface area is 126 Å². The first-order valence-corrected chi connectivity index (χ1v) is 7.54. The number of hydrogen-bond donors (Lipinski definition) is 3. The molecule has 0 bridgehead atoms. The molecule has 1 atom stereocenters. The molecule has 3 rings (SSSR count). The summed E-state index contributed by atoms with van der Waals surface area (Å²) in [5, 5.41) is 4.39. The van der Waals surface area contributed by atoms with Gasteiger partial charge in [-0.2, -0.15) is 0 Å². The number of anilines is 2. The molecule has 0 spiro atoms. The highest BCUT2D eigenvalue weighted by Crippen LogP contribution is 2.25. The number of hydrazine groups is 1. The lowest BCUT2D eigenvalue weighted by molar-refractivity contribution is 0.859. The molecule has 7 nitrogen and oxygen atoms in total. The van der Waals surface area contributed by atoms with Crippen molar-refractivity contribution >= 4 is 28.6 Å². The maximum absolute atomic E-state index is 5.46. The molecule has 3 aromatic rings. The number of nitrogens with two attached hydrogens (primary N) is 1. The highest BCUT2D eigenvalue weighted by Gasteiger charge is 2.14. The fourth-order valence-corrected chi connectivity index (χ4v) is 2.91. The van der Waals surface area contributed by atoms with E-state index in [0.29, 0.717) is 11.6 Å². The number of nitrogens with one attached hydrogen (secondary N) is 2. The van der Waals surface area contributed by atoms with Crippen LogP contribution in [0.15, 0.2) is 24.8 Å². The number of nitrogens with zero attached hydrogens (tertiary/aromatic N) is 4. The van der Waals surface area contributed by atoms with E-state index in [1.807, 2.05) is 16.8 Å². The Hall–Kier alpha value is -2.19. The predicted octanol–water partition coefficient (Wildman–Crippen LogP) is 2.21. The van der Waals surface area contributed by atoms with Crippen LogP contribution in [0.5, 0.6) is 0 Å².